The molecule has 110 valence electrons. The van der Waals surface area contributed by atoms with Gasteiger partial charge in [0.25, 0.3) is 0 Å². The van der Waals surface area contributed by atoms with Crippen LogP contribution in [0, 0.1) is 0 Å². The molecule has 0 aliphatic carbocycles. The van der Waals surface area contributed by atoms with Gasteiger partial charge in [-0.25, -0.2) is 0 Å². The molecule has 1 aromatic rings. The smallest absolute Gasteiger partial charge is 0.0726 e. The highest BCUT2D eigenvalue weighted by molar-refractivity contribution is 5.28. The van der Waals surface area contributed by atoms with Crippen LogP contribution in [0.15, 0.2) is 6.20 Å². The predicted molar refractivity (Wildman–Crippen MR) is 81.2 cm³/mol. The zero-order valence-corrected chi connectivity index (χ0v) is 13.6. The van der Waals surface area contributed by atoms with Crippen LogP contribution in [0.2, 0.25) is 0 Å². The molecule has 0 fully saturated rings. The van der Waals surface area contributed by atoms with Gasteiger partial charge in [0.15, 0.2) is 0 Å². The van der Waals surface area contributed by atoms with Crippen molar-refractivity contribution in [2.75, 3.05) is 13.6 Å². The molecular formula is C15H30N4. The van der Waals surface area contributed by atoms with Crippen LogP contribution >= 0.6 is 0 Å². The Bertz CT molecular complexity index is 403. The van der Waals surface area contributed by atoms with Crippen molar-refractivity contribution in [3.63, 3.8) is 0 Å². The van der Waals surface area contributed by atoms with E-state index in [1.165, 1.54) is 5.56 Å². The average molecular weight is 266 g/mol. The van der Waals surface area contributed by atoms with Gasteiger partial charge >= 0.3 is 0 Å². The lowest BCUT2D eigenvalue weighted by molar-refractivity contribution is 0.183. The first-order valence-electron chi connectivity index (χ1n) is 7.18. The maximum atomic E-state index is 6.04. The lowest BCUT2D eigenvalue weighted by atomic mass is 9.87. The summed E-state index contributed by atoms with van der Waals surface area (Å²) in [4.78, 5) is 2.37. The van der Waals surface area contributed by atoms with Crippen molar-refractivity contribution in [3.8, 4) is 0 Å². The number of nitrogens with two attached hydrogens (primary N) is 1. The van der Waals surface area contributed by atoms with Crippen LogP contribution in [0.1, 0.15) is 58.3 Å². The zero-order valence-electron chi connectivity index (χ0n) is 13.6. The van der Waals surface area contributed by atoms with Gasteiger partial charge in [-0.3, -0.25) is 9.58 Å². The number of hydrogen-bond donors (Lipinski definition) is 1. The number of likely N-dealkylation sites (N-methyl/N-ethyl adjacent to an activating group) is 1. The first-order chi connectivity index (χ1) is 8.72. The molecule has 0 bridgehead atoms. The fourth-order valence-electron chi connectivity index (χ4n) is 2.44. The monoisotopic (exact) mass is 266 g/mol. The predicted octanol–water partition coefficient (Wildman–Crippen LogP) is 2.45. The summed E-state index contributed by atoms with van der Waals surface area (Å²) in [7, 11) is 4.14. The highest BCUT2D eigenvalue weighted by Crippen LogP contribution is 2.31. The van der Waals surface area contributed by atoms with Crippen molar-refractivity contribution in [1.29, 1.82) is 0 Å². The summed E-state index contributed by atoms with van der Waals surface area (Å²) in [6.07, 6.45) is 3.25. The maximum Gasteiger partial charge on any atom is 0.0726 e. The van der Waals surface area contributed by atoms with E-state index in [0.29, 0.717) is 12.6 Å². The topological polar surface area (TPSA) is 47.1 Å². The van der Waals surface area contributed by atoms with Crippen LogP contribution < -0.4 is 5.73 Å². The molecule has 0 aliphatic rings. The molecule has 0 spiro atoms. The molecule has 1 aromatic heterocycles. The molecule has 0 saturated carbocycles. The Balaban J connectivity index is 3.19. The second kappa shape index (κ2) is 6.06. The van der Waals surface area contributed by atoms with Crippen molar-refractivity contribution >= 4 is 0 Å². The Morgan fingerprint density at radius 1 is 1.42 bits per heavy atom. The SMILES string of the molecule is CCC(C)N(C)C(CN)c1cn(C)nc1C(C)(C)C. The van der Waals surface area contributed by atoms with Crippen LogP contribution in [0.25, 0.3) is 0 Å². The van der Waals surface area contributed by atoms with Gasteiger partial charge < -0.3 is 5.73 Å². The fourth-order valence-corrected chi connectivity index (χ4v) is 2.44. The van der Waals surface area contributed by atoms with Gasteiger partial charge in [0, 0.05) is 36.8 Å². The van der Waals surface area contributed by atoms with E-state index < -0.39 is 0 Å². The van der Waals surface area contributed by atoms with Crippen LogP contribution in [0.3, 0.4) is 0 Å². The summed E-state index contributed by atoms with van der Waals surface area (Å²) in [5, 5.41) is 4.65. The normalized spacial score (nSPS) is 15.8. The lowest BCUT2D eigenvalue weighted by Gasteiger charge is -2.33. The van der Waals surface area contributed by atoms with Crippen LogP contribution in [-0.4, -0.2) is 34.3 Å². The first kappa shape index (κ1) is 16.2. The van der Waals surface area contributed by atoms with Crippen LogP contribution in [0.5, 0.6) is 0 Å². The molecule has 1 rings (SSSR count). The summed E-state index contributed by atoms with van der Waals surface area (Å²) in [5.41, 5.74) is 8.50. The second-order valence-corrected chi connectivity index (χ2v) is 6.53. The molecule has 2 atom stereocenters. The quantitative estimate of drug-likeness (QED) is 0.890. The van der Waals surface area contributed by atoms with Gasteiger partial charge in [0.05, 0.1) is 11.7 Å². The van der Waals surface area contributed by atoms with E-state index in [1.54, 1.807) is 0 Å². The molecule has 2 unspecified atom stereocenters. The van der Waals surface area contributed by atoms with Gasteiger partial charge in [-0.05, 0) is 20.4 Å². The van der Waals surface area contributed by atoms with Gasteiger partial charge in [0.2, 0.25) is 0 Å². The summed E-state index contributed by atoms with van der Waals surface area (Å²) in [6, 6.07) is 0.749. The Labute approximate surface area is 118 Å². The highest BCUT2D eigenvalue weighted by Gasteiger charge is 2.29. The average Bonchev–Trinajstić information content (AvgIpc) is 2.70. The Morgan fingerprint density at radius 2 is 2.00 bits per heavy atom. The highest BCUT2D eigenvalue weighted by atomic mass is 15.3. The standard InChI is InChI=1S/C15H30N4/c1-8-11(2)19(7)13(9-16)12-10-18(6)17-14(12)15(3,4)5/h10-11,13H,8-9,16H2,1-7H3. The molecule has 0 aliphatic heterocycles. The molecule has 4 heteroatoms. The van der Waals surface area contributed by atoms with Gasteiger partial charge in [0.1, 0.15) is 0 Å². The summed E-state index contributed by atoms with van der Waals surface area (Å²) < 4.78 is 1.91. The lowest BCUT2D eigenvalue weighted by Crippen LogP contribution is -2.37. The summed E-state index contributed by atoms with van der Waals surface area (Å²) in [6.45, 7) is 11.7. The Morgan fingerprint density at radius 3 is 2.42 bits per heavy atom. The maximum absolute atomic E-state index is 6.04. The van der Waals surface area contributed by atoms with E-state index in [9.17, 15) is 0 Å². The van der Waals surface area contributed by atoms with Gasteiger partial charge in [-0.1, -0.05) is 27.7 Å². The third kappa shape index (κ3) is 3.57. The molecule has 4 nitrogen and oxygen atoms in total. The van der Waals surface area contributed by atoms with E-state index in [1.807, 2.05) is 11.7 Å². The Kier molecular flexibility index (Phi) is 5.16. The molecule has 19 heavy (non-hydrogen) atoms. The minimum atomic E-state index is 0.0420. The largest absolute Gasteiger partial charge is 0.329 e. The van der Waals surface area contributed by atoms with E-state index in [0.717, 1.165) is 12.1 Å². The van der Waals surface area contributed by atoms with Crippen LogP contribution in [0.4, 0.5) is 0 Å². The van der Waals surface area contributed by atoms with E-state index in [2.05, 4.69) is 57.9 Å². The van der Waals surface area contributed by atoms with Crippen molar-refractivity contribution in [1.82, 2.24) is 14.7 Å². The fraction of sp³-hybridized carbons (Fsp3) is 0.800. The molecule has 0 saturated heterocycles. The number of hydrogen-bond acceptors (Lipinski definition) is 3. The minimum absolute atomic E-state index is 0.0420. The summed E-state index contributed by atoms with van der Waals surface area (Å²) in [5.74, 6) is 0. The second-order valence-electron chi connectivity index (χ2n) is 6.53. The van der Waals surface area contributed by atoms with Crippen molar-refractivity contribution in [2.24, 2.45) is 12.8 Å². The molecule has 0 amide bonds. The van der Waals surface area contributed by atoms with E-state index in [4.69, 9.17) is 5.73 Å². The van der Waals surface area contributed by atoms with Crippen LogP contribution in [-0.2, 0) is 12.5 Å². The molecule has 2 N–H and O–H groups in total. The third-order valence-electron chi connectivity index (χ3n) is 3.93. The number of nitrogens with zero attached hydrogens (tertiary/aromatic N) is 3. The van der Waals surface area contributed by atoms with E-state index >= 15 is 0 Å². The van der Waals surface area contributed by atoms with Gasteiger partial charge in [-0.2, -0.15) is 5.10 Å². The van der Waals surface area contributed by atoms with E-state index in [-0.39, 0.29) is 11.5 Å². The van der Waals surface area contributed by atoms with Gasteiger partial charge in [-0.15, -0.1) is 0 Å². The minimum Gasteiger partial charge on any atom is -0.329 e. The summed E-state index contributed by atoms with van der Waals surface area (Å²) >= 11 is 0. The molecule has 1 heterocycles. The molecule has 0 radical (unpaired) electrons. The van der Waals surface area contributed by atoms with Crippen molar-refractivity contribution in [3.05, 3.63) is 17.5 Å². The molecular weight excluding hydrogens is 236 g/mol. The number of aryl methyl sites for hydroxylation is 1. The Hall–Kier alpha value is -0.870. The van der Waals surface area contributed by atoms with Crippen molar-refractivity contribution in [2.45, 2.75) is 58.5 Å². The van der Waals surface area contributed by atoms with Crippen molar-refractivity contribution < 1.29 is 0 Å². The molecule has 0 aromatic carbocycles. The number of rotatable bonds is 5. The third-order valence-corrected chi connectivity index (χ3v) is 3.93. The zero-order chi connectivity index (χ0) is 14.8. The first-order valence-corrected chi connectivity index (χ1v) is 7.18. The number of aromatic nitrogens is 2.